The van der Waals surface area contributed by atoms with Crippen LogP contribution in [0.5, 0.6) is 0 Å². The van der Waals surface area contributed by atoms with Crippen molar-refractivity contribution in [3.63, 3.8) is 0 Å². The van der Waals surface area contributed by atoms with Crippen molar-refractivity contribution in [3.05, 3.63) is 53.8 Å². The molecular formula is C14H13FN2O3S. The fraction of sp³-hybridized carbons (Fsp3) is 0.0714. The monoisotopic (exact) mass is 308 g/mol. The van der Waals surface area contributed by atoms with E-state index < -0.39 is 21.6 Å². The molecule has 21 heavy (non-hydrogen) atoms. The van der Waals surface area contributed by atoms with E-state index in [9.17, 15) is 17.6 Å². The van der Waals surface area contributed by atoms with Gasteiger partial charge in [-0.25, -0.2) is 12.8 Å². The average molecular weight is 308 g/mol. The van der Waals surface area contributed by atoms with Gasteiger partial charge in [0.1, 0.15) is 5.82 Å². The molecule has 0 aliphatic carbocycles. The Balaban J connectivity index is 2.33. The molecule has 0 aliphatic rings. The summed E-state index contributed by atoms with van der Waals surface area (Å²) in [4.78, 5) is 12.0. The molecule has 2 rings (SSSR count). The number of carbonyl (C=O) groups is 1. The molecule has 5 nitrogen and oxygen atoms in total. The number of nitrogens with one attached hydrogen (secondary N) is 1. The van der Waals surface area contributed by atoms with Gasteiger partial charge in [-0.15, -0.1) is 0 Å². The maximum absolute atomic E-state index is 13.1. The van der Waals surface area contributed by atoms with Gasteiger partial charge in [0.25, 0.3) is 5.91 Å². The zero-order chi connectivity index (χ0) is 15.6. The number of nitrogen functional groups attached to an aromatic ring is 1. The van der Waals surface area contributed by atoms with E-state index >= 15 is 0 Å². The van der Waals surface area contributed by atoms with Crippen LogP contribution >= 0.6 is 0 Å². The Morgan fingerprint density at radius 3 is 2.52 bits per heavy atom. The standard InChI is InChI=1S/C14H13FN2O3S/c1-21(19,20)13-6-9(5-11(16)8-13)14(18)17-12-4-2-3-10(15)7-12/h2-8H,16H2,1H3,(H,17,18). The highest BCUT2D eigenvalue weighted by molar-refractivity contribution is 7.90. The minimum absolute atomic E-state index is 0.0492. The van der Waals surface area contributed by atoms with E-state index in [0.29, 0.717) is 0 Å². The van der Waals surface area contributed by atoms with Crippen LogP contribution in [0.3, 0.4) is 0 Å². The second kappa shape index (κ2) is 5.53. The Bertz CT molecular complexity index is 804. The van der Waals surface area contributed by atoms with E-state index in [4.69, 9.17) is 5.73 Å². The molecule has 3 N–H and O–H groups in total. The molecule has 0 fully saturated rings. The molecule has 2 aromatic carbocycles. The lowest BCUT2D eigenvalue weighted by molar-refractivity contribution is 0.102. The van der Waals surface area contributed by atoms with Crippen molar-refractivity contribution in [2.24, 2.45) is 0 Å². The molecule has 0 atom stereocenters. The Morgan fingerprint density at radius 2 is 1.90 bits per heavy atom. The van der Waals surface area contributed by atoms with Crippen LogP contribution in [0.2, 0.25) is 0 Å². The largest absolute Gasteiger partial charge is 0.399 e. The molecule has 0 heterocycles. The maximum Gasteiger partial charge on any atom is 0.255 e. The summed E-state index contributed by atoms with van der Waals surface area (Å²) in [6.07, 6.45) is 1.02. The highest BCUT2D eigenvalue weighted by Crippen LogP contribution is 2.18. The minimum atomic E-state index is -3.48. The van der Waals surface area contributed by atoms with E-state index in [2.05, 4.69) is 5.32 Å². The van der Waals surface area contributed by atoms with Gasteiger partial charge in [-0.3, -0.25) is 4.79 Å². The number of nitrogens with two attached hydrogens (primary N) is 1. The number of rotatable bonds is 3. The highest BCUT2D eigenvalue weighted by atomic mass is 32.2. The van der Waals surface area contributed by atoms with Crippen molar-refractivity contribution in [3.8, 4) is 0 Å². The first-order valence-corrected chi connectivity index (χ1v) is 7.82. The summed E-state index contributed by atoms with van der Waals surface area (Å²) in [7, 11) is -3.48. The van der Waals surface area contributed by atoms with Crippen LogP contribution < -0.4 is 11.1 Å². The molecule has 0 radical (unpaired) electrons. The van der Waals surface area contributed by atoms with Crippen LogP contribution in [0.1, 0.15) is 10.4 Å². The zero-order valence-corrected chi connectivity index (χ0v) is 11.9. The molecule has 1 amide bonds. The predicted molar refractivity (Wildman–Crippen MR) is 78.3 cm³/mol. The van der Waals surface area contributed by atoms with Crippen molar-refractivity contribution in [2.75, 3.05) is 17.3 Å². The lowest BCUT2D eigenvalue weighted by atomic mass is 10.2. The van der Waals surface area contributed by atoms with Crippen molar-refractivity contribution in [1.29, 1.82) is 0 Å². The topological polar surface area (TPSA) is 89.3 Å². The third-order valence-electron chi connectivity index (χ3n) is 2.70. The van der Waals surface area contributed by atoms with E-state index in [0.717, 1.165) is 12.3 Å². The van der Waals surface area contributed by atoms with Crippen molar-refractivity contribution < 1.29 is 17.6 Å². The third-order valence-corrected chi connectivity index (χ3v) is 3.79. The molecule has 0 saturated heterocycles. The van der Waals surface area contributed by atoms with Crippen LogP contribution in [0.25, 0.3) is 0 Å². The Hall–Kier alpha value is -2.41. The number of amides is 1. The first-order chi connectivity index (χ1) is 9.75. The number of sulfone groups is 1. The van der Waals surface area contributed by atoms with Gasteiger partial charge in [-0.2, -0.15) is 0 Å². The molecule has 0 aromatic heterocycles. The summed E-state index contributed by atoms with van der Waals surface area (Å²) >= 11 is 0. The van der Waals surface area contributed by atoms with Crippen LogP contribution in [-0.4, -0.2) is 20.6 Å². The van der Waals surface area contributed by atoms with Crippen LogP contribution in [0.15, 0.2) is 47.4 Å². The van der Waals surface area contributed by atoms with Gasteiger partial charge in [0, 0.05) is 23.2 Å². The van der Waals surface area contributed by atoms with E-state index in [1.165, 1.54) is 36.4 Å². The summed E-state index contributed by atoms with van der Waals surface area (Å²) in [5.41, 5.74) is 6.11. The van der Waals surface area contributed by atoms with Crippen LogP contribution in [0, 0.1) is 5.82 Å². The average Bonchev–Trinajstić information content (AvgIpc) is 2.37. The summed E-state index contributed by atoms with van der Waals surface area (Å²) < 4.78 is 36.1. The lowest BCUT2D eigenvalue weighted by Gasteiger charge is -2.08. The van der Waals surface area contributed by atoms with Gasteiger partial charge in [-0.05, 0) is 36.4 Å². The molecular weight excluding hydrogens is 295 g/mol. The number of halogens is 1. The first-order valence-electron chi connectivity index (χ1n) is 5.93. The van der Waals surface area contributed by atoms with Gasteiger partial charge in [0.05, 0.1) is 4.90 Å². The molecule has 2 aromatic rings. The van der Waals surface area contributed by atoms with Crippen molar-refractivity contribution in [1.82, 2.24) is 0 Å². The fourth-order valence-electron chi connectivity index (χ4n) is 1.74. The molecule has 0 aliphatic heterocycles. The van der Waals surface area contributed by atoms with Crippen LogP contribution in [-0.2, 0) is 9.84 Å². The molecule has 7 heteroatoms. The quantitative estimate of drug-likeness (QED) is 0.849. The number of anilines is 2. The number of hydrogen-bond acceptors (Lipinski definition) is 4. The van der Waals surface area contributed by atoms with Gasteiger partial charge in [-0.1, -0.05) is 6.07 Å². The smallest absolute Gasteiger partial charge is 0.255 e. The van der Waals surface area contributed by atoms with Crippen molar-refractivity contribution >= 4 is 27.1 Å². The number of benzene rings is 2. The van der Waals surface area contributed by atoms with Crippen LogP contribution in [0.4, 0.5) is 15.8 Å². The second-order valence-corrected chi connectivity index (χ2v) is 6.54. The summed E-state index contributed by atoms with van der Waals surface area (Å²) in [6.45, 7) is 0. The Labute approximate surface area is 121 Å². The summed E-state index contributed by atoms with van der Waals surface area (Å²) in [5.74, 6) is -1.06. The molecule has 0 spiro atoms. The lowest BCUT2D eigenvalue weighted by Crippen LogP contribution is -2.13. The Morgan fingerprint density at radius 1 is 1.19 bits per heavy atom. The van der Waals surface area contributed by atoms with Crippen molar-refractivity contribution in [2.45, 2.75) is 4.90 Å². The Kier molecular flexibility index (Phi) is 3.95. The molecule has 0 unspecified atom stereocenters. The molecule has 0 bridgehead atoms. The third kappa shape index (κ3) is 3.79. The number of hydrogen-bond donors (Lipinski definition) is 2. The van der Waals surface area contributed by atoms with E-state index in [1.54, 1.807) is 0 Å². The summed E-state index contributed by atoms with van der Waals surface area (Å²) in [5, 5.41) is 2.48. The van der Waals surface area contributed by atoms with E-state index in [-0.39, 0.29) is 21.8 Å². The SMILES string of the molecule is CS(=O)(=O)c1cc(N)cc(C(=O)Nc2cccc(F)c2)c1. The van der Waals surface area contributed by atoms with Gasteiger partial charge >= 0.3 is 0 Å². The predicted octanol–water partition coefficient (Wildman–Crippen LogP) is 2.06. The summed E-state index contributed by atoms with van der Waals surface area (Å²) in [6, 6.07) is 9.22. The number of carbonyl (C=O) groups excluding carboxylic acids is 1. The first kappa shape index (κ1) is 15.0. The van der Waals surface area contributed by atoms with Gasteiger partial charge < -0.3 is 11.1 Å². The fourth-order valence-corrected chi connectivity index (χ4v) is 2.43. The normalized spacial score (nSPS) is 11.1. The molecule has 0 saturated carbocycles. The minimum Gasteiger partial charge on any atom is -0.399 e. The highest BCUT2D eigenvalue weighted by Gasteiger charge is 2.14. The van der Waals surface area contributed by atoms with E-state index in [1.807, 2.05) is 0 Å². The zero-order valence-electron chi connectivity index (χ0n) is 11.1. The van der Waals surface area contributed by atoms with Gasteiger partial charge in [0.2, 0.25) is 0 Å². The molecule has 110 valence electrons. The van der Waals surface area contributed by atoms with Gasteiger partial charge in [0.15, 0.2) is 9.84 Å². The maximum atomic E-state index is 13.1. The second-order valence-electron chi connectivity index (χ2n) is 4.53.